The lowest BCUT2D eigenvalue weighted by Gasteiger charge is -2.17. The second-order valence-corrected chi connectivity index (χ2v) is 5.63. The van der Waals surface area contributed by atoms with Crippen molar-refractivity contribution >= 4 is 17.7 Å². The van der Waals surface area contributed by atoms with E-state index in [0.717, 1.165) is 32.1 Å². The first-order valence-electron chi connectivity index (χ1n) is 8.16. The van der Waals surface area contributed by atoms with Crippen molar-refractivity contribution in [3.8, 4) is 0 Å². The van der Waals surface area contributed by atoms with Gasteiger partial charge in [0.2, 0.25) is 5.78 Å². The monoisotopic (exact) mass is 315 g/mol. The minimum Gasteiger partial charge on any atom is -0.480 e. The van der Waals surface area contributed by atoms with Crippen molar-refractivity contribution in [1.82, 2.24) is 5.32 Å². The number of aliphatic hydroxyl groups excluding tert-OH is 1. The maximum atomic E-state index is 11.7. The normalized spacial score (nSPS) is 13.4. The number of ketones is 1. The second kappa shape index (κ2) is 12.1. The summed E-state index contributed by atoms with van der Waals surface area (Å²) in [7, 11) is 0. The molecular weight excluding hydrogens is 286 g/mol. The van der Waals surface area contributed by atoms with Crippen molar-refractivity contribution in [1.29, 1.82) is 0 Å². The Balaban J connectivity index is 4.28. The fraction of sp³-hybridized carbons (Fsp3) is 0.812. The van der Waals surface area contributed by atoms with Crippen LogP contribution in [0.4, 0.5) is 0 Å². The summed E-state index contributed by atoms with van der Waals surface area (Å²) in [5.74, 6) is -2.69. The number of unbranched alkanes of at least 4 members (excludes halogenated alkanes) is 4. The Hall–Kier alpha value is -1.43. The summed E-state index contributed by atoms with van der Waals surface area (Å²) in [4.78, 5) is 34.5. The van der Waals surface area contributed by atoms with Gasteiger partial charge in [0.25, 0.3) is 5.91 Å². The summed E-state index contributed by atoms with van der Waals surface area (Å²) in [5.41, 5.74) is 0. The highest BCUT2D eigenvalue weighted by Crippen LogP contribution is 2.08. The van der Waals surface area contributed by atoms with E-state index in [0.29, 0.717) is 12.8 Å². The molecule has 2 atom stereocenters. The summed E-state index contributed by atoms with van der Waals surface area (Å²) in [6.07, 6.45) is 5.01. The molecule has 0 rings (SSSR count). The Morgan fingerprint density at radius 3 is 2.18 bits per heavy atom. The van der Waals surface area contributed by atoms with Gasteiger partial charge in [-0.1, -0.05) is 46.0 Å². The lowest BCUT2D eigenvalue weighted by Crippen LogP contribution is -2.45. The van der Waals surface area contributed by atoms with Crippen LogP contribution in [-0.2, 0) is 14.4 Å². The topological polar surface area (TPSA) is 104 Å². The molecule has 0 saturated heterocycles. The average molecular weight is 315 g/mol. The SMILES string of the molecule is CCCCCCC(=O)C(=O)N[C@@H](CC(O)CCCC)C(=O)O. The molecule has 0 saturated carbocycles. The molecule has 0 aliphatic rings. The quantitative estimate of drug-likeness (QED) is 0.356. The predicted molar refractivity (Wildman–Crippen MR) is 83.5 cm³/mol. The van der Waals surface area contributed by atoms with Crippen LogP contribution in [0.1, 0.15) is 71.6 Å². The van der Waals surface area contributed by atoms with Gasteiger partial charge in [0.05, 0.1) is 6.10 Å². The van der Waals surface area contributed by atoms with E-state index in [4.69, 9.17) is 5.11 Å². The molecule has 0 aromatic heterocycles. The van der Waals surface area contributed by atoms with E-state index >= 15 is 0 Å². The van der Waals surface area contributed by atoms with Gasteiger partial charge in [0.15, 0.2) is 0 Å². The number of aliphatic carboxylic acids is 1. The first-order valence-corrected chi connectivity index (χ1v) is 8.16. The molecule has 0 aliphatic carbocycles. The van der Waals surface area contributed by atoms with Gasteiger partial charge in [-0.15, -0.1) is 0 Å². The van der Waals surface area contributed by atoms with E-state index in [1.165, 1.54) is 0 Å². The number of Topliss-reactive ketones (excluding diaryl/α,β-unsaturated/α-hetero) is 1. The standard InChI is InChI=1S/C16H29NO5/c1-3-5-7-8-10-14(19)15(20)17-13(16(21)22)11-12(18)9-6-4-2/h12-13,18H,3-11H2,1-2H3,(H,17,20)(H,21,22)/t12?,13-/m0/s1. The van der Waals surface area contributed by atoms with Crippen LogP contribution in [0.5, 0.6) is 0 Å². The molecule has 1 unspecified atom stereocenters. The van der Waals surface area contributed by atoms with E-state index < -0.39 is 29.8 Å². The summed E-state index contributed by atoms with van der Waals surface area (Å²) in [5, 5.41) is 21.1. The first-order chi connectivity index (χ1) is 10.4. The van der Waals surface area contributed by atoms with Gasteiger partial charge >= 0.3 is 5.97 Å². The van der Waals surface area contributed by atoms with Crippen molar-refractivity contribution in [2.45, 2.75) is 83.8 Å². The fourth-order valence-electron chi connectivity index (χ4n) is 2.12. The first kappa shape index (κ1) is 20.6. The highest BCUT2D eigenvalue weighted by molar-refractivity contribution is 6.36. The molecule has 128 valence electrons. The van der Waals surface area contributed by atoms with Crippen LogP contribution >= 0.6 is 0 Å². The minimum absolute atomic E-state index is 0.0792. The molecule has 0 bridgehead atoms. The fourth-order valence-corrected chi connectivity index (χ4v) is 2.12. The third kappa shape index (κ3) is 9.50. The van der Waals surface area contributed by atoms with Crippen molar-refractivity contribution in [2.24, 2.45) is 0 Å². The Kier molecular flexibility index (Phi) is 11.4. The number of aliphatic hydroxyl groups is 1. The second-order valence-electron chi connectivity index (χ2n) is 5.63. The summed E-state index contributed by atoms with van der Waals surface area (Å²) >= 11 is 0. The predicted octanol–water partition coefficient (Wildman–Crippen LogP) is 2.04. The van der Waals surface area contributed by atoms with Crippen LogP contribution in [-0.4, -0.2) is 40.0 Å². The number of carbonyl (C=O) groups is 3. The maximum absolute atomic E-state index is 11.7. The molecule has 0 aromatic carbocycles. The molecule has 1 amide bonds. The maximum Gasteiger partial charge on any atom is 0.326 e. The van der Waals surface area contributed by atoms with Crippen LogP contribution in [0.25, 0.3) is 0 Å². The number of nitrogens with one attached hydrogen (secondary N) is 1. The third-order valence-electron chi connectivity index (χ3n) is 3.51. The smallest absolute Gasteiger partial charge is 0.326 e. The molecule has 3 N–H and O–H groups in total. The van der Waals surface area contributed by atoms with Crippen molar-refractivity contribution in [3.05, 3.63) is 0 Å². The van der Waals surface area contributed by atoms with Crippen LogP contribution in [0.15, 0.2) is 0 Å². The van der Waals surface area contributed by atoms with E-state index in [1.807, 2.05) is 6.92 Å². The molecule has 6 nitrogen and oxygen atoms in total. The molecular formula is C16H29NO5. The van der Waals surface area contributed by atoms with E-state index in [2.05, 4.69) is 12.2 Å². The molecule has 0 fully saturated rings. The highest BCUT2D eigenvalue weighted by Gasteiger charge is 2.25. The lowest BCUT2D eigenvalue weighted by molar-refractivity contribution is -0.145. The zero-order valence-electron chi connectivity index (χ0n) is 13.6. The third-order valence-corrected chi connectivity index (χ3v) is 3.51. The molecule has 0 aliphatic heterocycles. The van der Waals surface area contributed by atoms with Crippen LogP contribution < -0.4 is 5.32 Å². The van der Waals surface area contributed by atoms with Gasteiger partial charge in [-0.25, -0.2) is 4.79 Å². The van der Waals surface area contributed by atoms with Crippen LogP contribution in [0.3, 0.4) is 0 Å². The molecule has 0 radical (unpaired) electrons. The number of carboxylic acid groups (broad SMARTS) is 1. The zero-order chi connectivity index (χ0) is 17.0. The molecule has 22 heavy (non-hydrogen) atoms. The van der Waals surface area contributed by atoms with Gasteiger partial charge in [-0.05, 0) is 12.8 Å². The summed E-state index contributed by atoms with van der Waals surface area (Å²) in [6, 6.07) is -1.22. The number of rotatable bonds is 13. The Morgan fingerprint density at radius 1 is 1.00 bits per heavy atom. The Labute approximate surface area is 132 Å². The average Bonchev–Trinajstić information content (AvgIpc) is 2.48. The van der Waals surface area contributed by atoms with Gasteiger partial charge < -0.3 is 15.5 Å². The largest absolute Gasteiger partial charge is 0.480 e. The number of hydrogen-bond acceptors (Lipinski definition) is 4. The number of carboxylic acids is 1. The molecule has 0 heterocycles. The summed E-state index contributed by atoms with van der Waals surface area (Å²) in [6.45, 7) is 4.02. The van der Waals surface area contributed by atoms with E-state index in [1.54, 1.807) is 0 Å². The zero-order valence-corrected chi connectivity index (χ0v) is 13.6. The number of amides is 1. The van der Waals surface area contributed by atoms with Gasteiger partial charge in [-0.2, -0.15) is 0 Å². The highest BCUT2D eigenvalue weighted by atomic mass is 16.4. The van der Waals surface area contributed by atoms with E-state index in [9.17, 15) is 19.5 Å². The van der Waals surface area contributed by atoms with Gasteiger partial charge in [-0.3, -0.25) is 9.59 Å². The van der Waals surface area contributed by atoms with Crippen LogP contribution in [0.2, 0.25) is 0 Å². The van der Waals surface area contributed by atoms with Crippen LogP contribution in [0, 0.1) is 0 Å². The molecule has 0 spiro atoms. The Morgan fingerprint density at radius 2 is 1.64 bits per heavy atom. The van der Waals surface area contributed by atoms with Crippen molar-refractivity contribution in [2.75, 3.05) is 0 Å². The lowest BCUT2D eigenvalue weighted by atomic mass is 10.0. The van der Waals surface area contributed by atoms with Crippen molar-refractivity contribution in [3.63, 3.8) is 0 Å². The van der Waals surface area contributed by atoms with Crippen molar-refractivity contribution < 1.29 is 24.6 Å². The number of hydrogen-bond donors (Lipinski definition) is 3. The molecule has 6 heteroatoms. The Bertz CT molecular complexity index is 356. The minimum atomic E-state index is -1.23. The molecule has 0 aromatic rings. The van der Waals surface area contributed by atoms with E-state index in [-0.39, 0.29) is 12.8 Å². The van der Waals surface area contributed by atoms with Gasteiger partial charge in [0.1, 0.15) is 6.04 Å². The summed E-state index contributed by atoms with van der Waals surface area (Å²) < 4.78 is 0. The van der Waals surface area contributed by atoms with Gasteiger partial charge in [0, 0.05) is 12.8 Å². The number of carbonyl (C=O) groups excluding carboxylic acids is 2.